The molecule has 1 aliphatic heterocycles. The van der Waals surface area contributed by atoms with Crippen LogP contribution in [0.4, 0.5) is 5.82 Å². The average molecular weight is 331 g/mol. The van der Waals surface area contributed by atoms with Crippen LogP contribution in [0.5, 0.6) is 0 Å². The van der Waals surface area contributed by atoms with Crippen LogP contribution in [0.25, 0.3) is 0 Å². The van der Waals surface area contributed by atoms with E-state index in [-0.39, 0.29) is 5.56 Å². The first-order chi connectivity index (χ1) is 11.5. The molecule has 24 heavy (non-hydrogen) atoms. The predicted octanol–water partition coefficient (Wildman–Crippen LogP) is 0.615. The molecule has 2 aliphatic rings. The van der Waals surface area contributed by atoms with Gasteiger partial charge in [0.05, 0.1) is 12.0 Å². The van der Waals surface area contributed by atoms with E-state index < -0.39 is 5.60 Å². The zero-order valence-electron chi connectivity index (χ0n) is 13.7. The lowest BCUT2D eigenvalue weighted by atomic mass is 9.89. The summed E-state index contributed by atoms with van der Waals surface area (Å²) in [4.78, 5) is 22.7. The Morgan fingerprint density at radius 2 is 2.29 bits per heavy atom. The molecule has 1 saturated heterocycles. The summed E-state index contributed by atoms with van der Waals surface area (Å²) in [6.07, 6.45) is 7.16. The normalized spacial score (nSPS) is 24.3. The quantitative estimate of drug-likeness (QED) is 0.877. The highest BCUT2D eigenvalue weighted by Gasteiger charge is 2.37. The Balaban J connectivity index is 1.52. The standard InChI is InChI=1S/C16H21N5O3/c1-20-8-6-17-14(15(20)22)21-7-2-5-16(23,10-21)9-12-18-13(19-24-12)11-3-4-11/h6,8,11,23H,2-5,7,9-10H2,1H3. The second-order valence-electron chi connectivity index (χ2n) is 6.91. The summed E-state index contributed by atoms with van der Waals surface area (Å²) in [5.74, 6) is 2.02. The van der Waals surface area contributed by atoms with Gasteiger partial charge in [0.1, 0.15) is 0 Å². The van der Waals surface area contributed by atoms with E-state index in [1.54, 1.807) is 19.4 Å². The Kier molecular flexibility index (Phi) is 3.64. The van der Waals surface area contributed by atoms with Crippen LogP contribution in [-0.2, 0) is 13.5 Å². The number of hydrogen-bond acceptors (Lipinski definition) is 7. The van der Waals surface area contributed by atoms with Crippen molar-refractivity contribution in [3.63, 3.8) is 0 Å². The molecular formula is C16H21N5O3. The van der Waals surface area contributed by atoms with Crippen LogP contribution in [0.3, 0.4) is 0 Å². The number of aromatic nitrogens is 4. The molecule has 1 unspecified atom stereocenters. The zero-order chi connectivity index (χ0) is 16.7. The Hall–Kier alpha value is -2.22. The number of rotatable bonds is 4. The van der Waals surface area contributed by atoms with Crippen molar-refractivity contribution < 1.29 is 9.63 Å². The molecular weight excluding hydrogens is 310 g/mol. The van der Waals surface area contributed by atoms with Crippen LogP contribution < -0.4 is 10.5 Å². The van der Waals surface area contributed by atoms with Gasteiger partial charge in [0.2, 0.25) is 5.89 Å². The number of aryl methyl sites for hydroxylation is 1. The summed E-state index contributed by atoms with van der Waals surface area (Å²) in [6, 6.07) is 0. The van der Waals surface area contributed by atoms with Crippen molar-refractivity contribution in [2.24, 2.45) is 7.05 Å². The molecule has 3 heterocycles. The number of piperidine rings is 1. The van der Waals surface area contributed by atoms with Crippen LogP contribution in [0.2, 0.25) is 0 Å². The third-order valence-electron chi connectivity index (χ3n) is 4.76. The first-order valence-corrected chi connectivity index (χ1v) is 8.35. The number of β-amino-alcohol motifs (C(OH)–C–C–N with tert-alkyl or cyclic N) is 1. The highest BCUT2D eigenvalue weighted by atomic mass is 16.5. The van der Waals surface area contributed by atoms with Gasteiger partial charge in [-0.2, -0.15) is 4.98 Å². The molecule has 4 rings (SSSR count). The van der Waals surface area contributed by atoms with Gasteiger partial charge in [0.15, 0.2) is 11.6 Å². The van der Waals surface area contributed by atoms with Crippen molar-refractivity contribution in [2.75, 3.05) is 18.0 Å². The number of nitrogens with zero attached hydrogens (tertiary/aromatic N) is 5. The molecule has 8 nitrogen and oxygen atoms in total. The van der Waals surface area contributed by atoms with Crippen molar-refractivity contribution >= 4 is 5.82 Å². The van der Waals surface area contributed by atoms with E-state index >= 15 is 0 Å². The molecule has 0 radical (unpaired) electrons. The fourth-order valence-corrected chi connectivity index (χ4v) is 3.27. The van der Waals surface area contributed by atoms with E-state index in [4.69, 9.17) is 4.52 Å². The minimum atomic E-state index is -0.992. The maximum atomic E-state index is 12.3. The summed E-state index contributed by atoms with van der Waals surface area (Å²) in [7, 11) is 1.70. The molecule has 2 aromatic heterocycles. The summed E-state index contributed by atoms with van der Waals surface area (Å²) in [6.45, 7) is 1.03. The number of hydrogen-bond donors (Lipinski definition) is 1. The Labute approximate surface area is 139 Å². The molecule has 128 valence electrons. The van der Waals surface area contributed by atoms with E-state index in [9.17, 15) is 9.90 Å². The SMILES string of the molecule is Cn1ccnc(N2CCCC(O)(Cc3nc(C4CC4)no3)C2)c1=O. The smallest absolute Gasteiger partial charge is 0.293 e. The molecule has 0 spiro atoms. The van der Waals surface area contributed by atoms with Crippen LogP contribution in [0, 0.1) is 0 Å². The fourth-order valence-electron chi connectivity index (χ4n) is 3.27. The fraction of sp³-hybridized carbons (Fsp3) is 0.625. The highest BCUT2D eigenvalue weighted by molar-refractivity contribution is 5.37. The van der Waals surface area contributed by atoms with E-state index in [0.29, 0.717) is 43.6 Å². The minimum Gasteiger partial charge on any atom is -0.388 e. The van der Waals surface area contributed by atoms with Crippen molar-refractivity contribution in [3.8, 4) is 0 Å². The topological polar surface area (TPSA) is 97.3 Å². The van der Waals surface area contributed by atoms with Gasteiger partial charge < -0.3 is 19.1 Å². The molecule has 1 atom stereocenters. The molecule has 0 bridgehead atoms. The second kappa shape index (κ2) is 5.70. The third kappa shape index (κ3) is 2.93. The van der Waals surface area contributed by atoms with Crippen molar-refractivity contribution in [1.29, 1.82) is 0 Å². The Morgan fingerprint density at radius 1 is 1.46 bits per heavy atom. The van der Waals surface area contributed by atoms with Gasteiger partial charge in [0, 0.05) is 38.4 Å². The highest BCUT2D eigenvalue weighted by Crippen LogP contribution is 2.38. The molecule has 8 heteroatoms. The van der Waals surface area contributed by atoms with Crippen molar-refractivity contribution in [3.05, 3.63) is 34.5 Å². The van der Waals surface area contributed by atoms with Gasteiger partial charge in [-0.1, -0.05) is 5.16 Å². The molecule has 0 aromatic carbocycles. The van der Waals surface area contributed by atoms with E-state index in [1.165, 1.54) is 4.57 Å². The molecule has 1 aliphatic carbocycles. The lowest BCUT2D eigenvalue weighted by Crippen LogP contribution is -2.51. The lowest BCUT2D eigenvalue weighted by molar-refractivity contribution is 0.0191. The number of aliphatic hydroxyl groups is 1. The van der Waals surface area contributed by atoms with Crippen LogP contribution >= 0.6 is 0 Å². The maximum Gasteiger partial charge on any atom is 0.293 e. The van der Waals surface area contributed by atoms with E-state index in [2.05, 4.69) is 15.1 Å². The van der Waals surface area contributed by atoms with Gasteiger partial charge >= 0.3 is 0 Å². The van der Waals surface area contributed by atoms with Gasteiger partial charge in [-0.15, -0.1) is 0 Å². The average Bonchev–Trinajstić information content (AvgIpc) is 3.30. The summed E-state index contributed by atoms with van der Waals surface area (Å²) in [5, 5.41) is 15.0. The minimum absolute atomic E-state index is 0.157. The largest absolute Gasteiger partial charge is 0.388 e. The summed E-state index contributed by atoms with van der Waals surface area (Å²) >= 11 is 0. The lowest BCUT2D eigenvalue weighted by Gasteiger charge is -2.38. The first kappa shape index (κ1) is 15.3. The Morgan fingerprint density at radius 3 is 3.08 bits per heavy atom. The van der Waals surface area contributed by atoms with Crippen LogP contribution in [0.1, 0.15) is 43.3 Å². The summed E-state index contributed by atoms with van der Waals surface area (Å²) in [5.41, 5.74) is -1.15. The van der Waals surface area contributed by atoms with E-state index in [0.717, 1.165) is 25.1 Å². The van der Waals surface area contributed by atoms with Crippen molar-refractivity contribution in [2.45, 2.75) is 43.6 Å². The van der Waals surface area contributed by atoms with Gasteiger partial charge in [-0.05, 0) is 25.7 Å². The first-order valence-electron chi connectivity index (χ1n) is 8.35. The predicted molar refractivity (Wildman–Crippen MR) is 85.9 cm³/mol. The van der Waals surface area contributed by atoms with Gasteiger partial charge in [-0.25, -0.2) is 4.98 Å². The molecule has 1 N–H and O–H groups in total. The molecule has 2 fully saturated rings. The van der Waals surface area contributed by atoms with E-state index in [1.807, 2.05) is 4.90 Å². The summed E-state index contributed by atoms with van der Waals surface area (Å²) < 4.78 is 6.79. The number of anilines is 1. The second-order valence-corrected chi connectivity index (χ2v) is 6.91. The van der Waals surface area contributed by atoms with Crippen LogP contribution in [0.15, 0.2) is 21.7 Å². The maximum absolute atomic E-state index is 12.3. The zero-order valence-corrected chi connectivity index (χ0v) is 13.7. The Bertz CT molecular complexity index is 797. The van der Waals surface area contributed by atoms with Crippen LogP contribution in [-0.4, -0.2) is 43.5 Å². The monoisotopic (exact) mass is 331 g/mol. The van der Waals surface area contributed by atoms with Gasteiger partial charge in [0.25, 0.3) is 5.56 Å². The molecule has 1 saturated carbocycles. The third-order valence-corrected chi connectivity index (χ3v) is 4.76. The molecule has 0 amide bonds. The van der Waals surface area contributed by atoms with Gasteiger partial charge in [-0.3, -0.25) is 4.79 Å². The van der Waals surface area contributed by atoms with Crippen molar-refractivity contribution in [1.82, 2.24) is 19.7 Å². The molecule has 2 aromatic rings.